The van der Waals surface area contributed by atoms with Crippen molar-refractivity contribution in [1.82, 2.24) is 10.2 Å². The van der Waals surface area contributed by atoms with Crippen LogP contribution in [0.3, 0.4) is 0 Å². The summed E-state index contributed by atoms with van der Waals surface area (Å²) in [4.78, 5) is 50.0. The highest BCUT2D eigenvalue weighted by atomic mass is 35.5. The highest BCUT2D eigenvalue weighted by Crippen LogP contribution is 2.29. The number of ether oxygens (including phenoxy) is 1. The average molecular weight is 464 g/mol. The average Bonchev–Trinajstić information content (AvgIpc) is 2.93. The van der Waals surface area contributed by atoms with E-state index in [0.29, 0.717) is 16.3 Å². The third kappa shape index (κ3) is 4.98. The molecule has 1 aliphatic rings. The second kappa shape index (κ2) is 8.95. The summed E-state index contributed by atoms with van der Waals surface area (Å²) in [6.45, 7) is 2.23. The largest absolute Gasteiger partial charge is 0.454 e. The van der Waals surface area contributed by atoms with Gasteiger partial charge in [-0.15, -0.1) is 0 Å². The van der Waals surface area contributed by atoms with E-state index in [2.05, 4.69) is 10.6 Å². The van der Waals surface area contributed by atoms with Crippen LogP contribution in [0.15, 0.2) is 42.5 Å². The second-order valence-corrected chi connectivity index (χ2v) is 7.99. The normalized spacial score (nSPS) is 18.0. The van der Waals surface area contributed by atoms with E-state index in [1.807, 2.05) is 19.1 Å². The van der Waals surface area contributed by atoms with Crippen molar-refractivity contribution in [3.8, 4) is 0 Å². The number of esters is 1. The summed E-state index contributed by atoms with van der Waals surface area (Å²) in [6, 6.07) is 10.9. The van der Waals surface area contributed by atoms with Crippen molar-refractivity contribution in [2.45, 2.75) is 19.4 Å². The molecule has 2 N–H and O–H groups in total. The fourth-order valence-corrected chi connectivity index (χ4v) is 3.48. The van der Waals surface area contributed by atoms with Gasteiger partial charge in [0, 0.05) is 5.02 Å². The molecule has 4 amide bonds. The Morgan fingerprint density at radius 3 is 2.45 bits per heavy atom. The Bertz CT molecular complexity index is 1060. The minimum atomic E-state index is -1.30. The van der Waals surface area contributed by atoms with E-state index in [1.54, 1.807) is 19.1 Å². The molecule has 1 atom stereocenters. The summed E-state index contributed by atoms with van der Waals surface area (Å²) in [5.41, 5.74) is 0.595. The molecule has 0 unspecified atom stereocenters. The molecule has 0 aliphatic carbocycles. The number of aryl methyl sites for hydroxylation is 1. The first-order chi connectivity index (χ1) is 14.6. The molecule has 162 valence electrons. The minimum Gasteiger partial charge on any atom is -0.454 e. The Morgan fingerprint density at radius 1 is 1.13 bits per heavy atom. The van der Waals surface area contributed by atoms with Gasteiger partial charge in [0.15, 0.2) is 6.61 Å². The molecule has 1 saturated heterocycles. The van der Waals surface area contributed by atoms with Gasteiger partial charge in [-0.05, 0) is 37.6 Å². The summed E-state index contributed by atoms with van der Waals surface area (Å²) >= 11 is 11.8. The first-order valence-corrected chi connectivity index (χ1v) is 9.97. The molecule has 0 radical (unpaired) electrons. The molecule has 0 bridgehead atoms. The number of nitrogens with one attached hydrogen (secondary N) is 2. The molecular formula is C21H19Cl2N3O5. The van der Waals surface area contributed by atoms with Crippen LogP contribution in [-0.4, -0.2) is 41.9 Å². The van der Waals surface area contributed by atoms with Crippen LogP contribution >= 0.6 is 23.2 Å². The maximum absolute atomic E-state index is 12.8. The first-order valence-electron chi connectivity index (χ1n) is 9.22. The van der Waals surface area contributed by atoms with Crippen molar-refractivity contribution < 1.29 is 23.9 Å². The smallest absolute Gasteiger partial charge is 0.326 e. The number of nitrogens with zero attached hydrogens (tertiary/aromatic N) is 1. The lowest BCUT2D eigenvalue weighted by Crippen LogP contribution is -2.41. The number of hydrogen-bond donors (Lipinski definition) is 2. The van der Waals surface area contributed by atoms with Crippen LogP contribution in [0.2, 0.25) is 10.0 Å². The molecule has 2 aromatic rings. The Morgan fingerprint density at radius 2 is 1.81 bits per heavy atom. The highest BCUT2D eigenvalue weighted by molar-refractivity contribution is 6.36. The van der Waals surface area contributed by atoms with Gasteiger partial charge in [-0.2, -0.15) is 0 Å². The summed E-state index contributed by atoms with van der Waals surface area (Å²) in [5.74, 6) is -2.14. The third-order valence-corrected chi connectivity index (χ3v) is 5.31. The van der Waals surface area contributed by atoms with Gasteiger partial charge in [-0.25, -0.2) is 4.79 Å². The van der Waals surface area contributed by atoms with Crippen LogP contribution in [0, 0.1) is 6.92 Å². The van der Waals surface area contributed by atoms with Gasteiger partial charge in [0.25, 0.3) is 11.8 Å². The predicted octanol–water partition coefficient (Wildman–Crippen LogP) is 3.25. The molecule has 0 aromatic heterocycles. The molecular weight excluding hydrogens is 445 g/mol. The number of benzene rings is 2. The maximum atomic E-state index is 12.8. The number of halogens is 2. The SMILES string of the molecule is Cc1ccc([C@]2(C)NC(=O)N(CC(=O)OCC(=O)Nc3ccc(Cl)cc3Cl)C2=O)cc1. The van der Waals surface area contributed by atoms with Gasteiger partial charge in [-0.3, -0.25) is 19.3 Å². The van der Waals surface area contributed by atoms with Crippen molar-refractivity contribution in [2.75, 3.05) is 18.5 Å². The Kier molecular flexibility index (Phi) is 6.52. The lowest BCUT2D eigenvalue weighted by atomic mass is 9.91. The Balaban J connectivity index is 1.57. The Labute approximate surface area is 188 Å². The summed E-state index contributed by atoms with van der Waals surface area (Å²) < 4.78 is 4.89. The number of hydrogen-bond acceptors (Lipinski definition) is 5. The zero-order valence-electron chi connectivity index (χ0n) is 16.7. The van der Waals surface area contributed by atoms with E-state index in [0.717, 1.165) is 10.5 Å². The first kappa shape index (κ1) is 22.6. The van der Waals surface area contributed by atoms with Crippen molar-refractivity contribution in [2.24, 2.45) is 0 Å². The standard InChI is InChI=1S/C21H19Cl2N3O5/c1-12-3-5-13(6-4-12)21(2)19(29)26(20(30)25-21)10-18(28)31-11-17(27)24-16-8-7-14(22)9-15(16)23/h3-9H,10-11H2,1-2H3,(H,24,27)(H,25,30)/t21-/m0/s1. The maximum Gasteiger partial charge on any atom is 0.326 e. The lowest BCUT2D eigenvalue weighted by Gasteiger charge is -2.22. The van der Waals surface area contributed by atoms with Crippen LogP contribution in [0.25, 0.3) is 0 Å². The monoisotopic (exact) mass is 463 g/mol. The highest BCUT2D eigenvalue weighted by Gasteiger charge is 2.49. The van der Waals surface area contributed by atoms with E-state index in [1.165, 1.54) is 18.2 Å². The van der Waals surface area contributed by atoms with E-state index in [-0.39, 0.29) is 5.02 Å². The van der Waals surface area contributed by atoms with Crippen LogP contribution in [0.5, 0.6) is 0 Å². The predicted molar refractivity (Wildman–Crippen MR) is 115 cm³/mol. The van der Waals surface area contributed by atoms with Gasteiger partial charge in [0.05, 0.1) is 10.7 Å². The summed E-state index contributed by atoms with van der Waals surface area (Å²) in [6.07, 6.45) is 0. The van der Waals surface area contributed by atoms with Crippen LogP contribution in [0.1, 0.15) is 18.1 Å². The zero-order chi connectivity index (χ0) is 22.8. The molecule has 1 fully saturated rings. The van der Waals surface area contributed by atoms with Crippen LogP contribution in [-0.2, 0) is 24.7 Å². The van der Waals surface area contributed by atoms with Crippen LogP contribution < -0.4 is 10.6 Å². The third-order valence-electron chi connectivity index (χ3n) is 4.76. The second-order valence-electron chi connectivity index (χ2n) is 7.15. The van der Waals surface area contributed by atoms with Crippen molar-refractivity contribution >= 4 is 52.7 Å². The number of carbonyl (C=O) groups is 4. The topological polar surface area (TPSA) is 105 Å². The van der Waals surface area contributed by atoms with Crippen molar-refractivity contribution in [3.05, 3.63) is 63.6 Å². The number of amides is 4. The van der Waals surface area contributed by atoms with Gasteiger partial charge in [0.2, 0.25) is 0 Å². The van der Waals surface area contributed by atoms with E-state index in [9.17, 15) is 19.2 Å². The summed E-state index contributed by atoms with van der Waals surface area (Å²) in [7, 11) is 0. The number of carbonyl (C=O) groups excluding carboxylic acids is 4. The fourth-order valence-electron chi connectivity index (χ4n) is 3.02. The molecule has 0 spiro atoms. The number of anilines is 1. The van der Waals surface area contributed by atoms with Crippen molar-refractivity contribution in [3.63, 3.8) is 0 Å². The summed E-state index contributed by atoms with van der Waals surface area (Å²) in [5, 5.41) is 5.71. The molecule has 31 heavy (non-hydrogen) atoms. The molecule has 8 nitrogen and oxygen atoms in total. The van der Waals surface area contributed by atoms with E-state index >= 15 is 0 Å². The molecule has 1 aliphatic heterocycles. The van der Waals surface area contributed by atoms with Crippen LogP contribution in [0.4, 0.5) is 10.5 Å². The molecule has 0 saturated carbocycles. The molecule has 10 heteroatoms. The Hall–Kier alpha value is -3.10. The van der Waals surface area contributed by atoms with Gasteiger partial charge >= 0.3 is 12.0 Å². The van der Waals surface area contributed by atoms with E-state index in [4.69, 9.17) is 27.9 Å². The molecule has 1 heterocycles. The van der Waals surface area contributed by atoms with Gasteiger partial charge < -0.3 is 15.4 Å². The number of rotatable bonds is 6. The zero-order valence-corrected chi connectivity index (χ0v) is 18.2. The minimum absolute atomic E-state index is 0.224. The van der Waals surface area contributed by atoms with E-state index < -0.39 is 42.5 Å². The lowest BCUT2D eigenvalue weighted by molar-refractivity contribution is -0.150. The quantitative estimate of drug-likeness (QED) is 0.505. The fraction of sp³-hybridized carbons (Fsp3) is 0.238. The molecule has 3 rings (SSSR count). The van der Waals surface area contributed by atoms with Crippen molar-refractivity contribution in [1.29, 1.82) is 0 Å². The molecule has 2 aromatic carbocycles. The number of urea groups is 1. The van der Waals surface area contributed by atoms with Gasteiger partial charge in [0.1, 0.15) is 12.1 Å². The van der Waals surface area contributed by atoms with Gasteiger partial charge in [-0.1, -0.05) is 53.0 Å². The number of imide groups is 1.